The number of ether oxygens (including phenoxy) is 1. The fourth-order valence-electron chi connectivity index (χ4n) is 4.66. The molecule has 34 heavy (non-hydrogen) atoms. The monoisotopic (exact) mass is 524 g/mol. The van der Waals surface area contributed by atoms with Gasteiger partial charge in [0.05, 0.1) is 24.8 Å². The summed E-state index contributed by atoms with van der Waals surface area (Å²) in [5.74, 6) is -1.43. The molecule has 0 spiro atoms. The Kier molecular flexibility index (Phi) is 6.54. The molecule has 3 heterocycles. The number of halogens is 1. The molecule has 1 fully saturated rings. The molecule has 0 aliphatic carbocycles. The Morgan fingerprint density at radius 3 is 2.62 bits per heavy atom. The van der Waals surface area contributed by atoms with Crippen LogP contribution in [0.5, 0.6) is 0 Å². The van der Waals surface area contributed by atoms with E-state index in [1.54, 1.807) is 17.0 Å². The lowest BCUT2D eigenvalue weighted by Gasteiger charge is -2.30. The number of morpholine rings is 1. The van der Waals surface area contributed by atoms with Crippen molar-refractivity contribution in [1.82, 2.24) is 9.80 Å². The molecule has 2 aliphatic rings. The average Bonchev–Trinajstić information content (AvgIpc) is 3.39. The Balaban J connectivity index is 1.45. The van der Waals surface area contributed by atoms with E-state index in [0.29, 0.717) is 25.3 Å². The number of para-hydroxylation sites is 1. The van der Waals surface area contributed by atoms with Gasteiger partial charge in [-0.1, -0.05) is 46.3 Å². The molecule has 5 rings (SSSR count). The highest BCUT2D eigenvalue weighted by Gasteiger charge is 2.44. The molecule has 176 valence electrons. The minimum atomic E-state index is -0.699. The number of carbonyl (C=O) groups is 2. The zero-order valence-corrected chi connectivity index (χ0v) is 20.2. The third-order valence-corrected chi connectivity index (χ3v) is 6.83. The van der Waals surface area contributed by atoms with Gasteiger partial charge in [0, 0.05) is 36.0 Å². The Morgan fingerprint density at radius 2 is 1.85 bits per heavy atom. The fraction of sp³-hybridized carbons (Fsp3) is 0.308. The van der Waals surface area contributed by atoms with Gasteiger partial charge >= 0.3 is 0 Å². The zero-order chi connectivity index (χ0) is 23.7. The summed E-state index contributed by atoms with van der Waals surface area (Å²) in [7, 11) is 0. The van der Waals surface area contributed by atoms with Gasteiger partial charge in [0.1, 0.15) is 5.58 Å². The maximum absolute atomic E-state index is 13.6. The summed E-state index contributed by atoms with van der Waals surface area (Å²) in [5, 5.41) is 11.7. The normalized spacial score (nSPS) is 19.4. The van der Waals surface area contributed by atoms with Gasteiger partial charge in [-0.15, -0.1) is 0 Å². The van der Waals surface area contributed by atoms with Crippen LogP contribution in [0.2, 0.25) is 0 Å². The highest BCUT2D eigenvalue weighted by Crippen LogP contribution is 2.40. The molecule has 1 atom stereocenters. The van der Waals surface area contributed by atoms with Crippen LogP contribution in [0.25, 0.3) is 11.0 Å². The summed E-state index contributed by atoms with van der Waals surface area (Å²) in [6.45, 7) is 4.37. The van der Waals surface area contributed by atoms with Crippen molar-refractivity contribution in [2.45, 2.75) is 12.5 Å². The van der Waals surface area contributed by atoms with Crippen molar-refractivity contribution in [2.75, 3.05) is 39.4 Å². The highest BCUT2D eigenvalue weighted by molar-refractivity contribution is 9.10. The molecule has 1 aromatic heterocycles. The van der Waals surface area contributed by atoms with Gasteiger partial charge in [0.25, 0.3) is 5.91 Å². The van der Waals surface area contributed by atoms with E-state index in [1.807, 2.05) is 42.5 Å². The van der Waals surface area contributed by atoms with E-state index in [4.69, 9.17) is 9.15 Å². The quantitative estimate of drug-likeness (QED) is 0.458. The van der Waals surface area contributed by atoms with Crippen LogP contribution in [-0.4, -0.2) is 66.0 Å². The number of aliphatic hydroxyl groups is 1. The molecule has 0 unspecified atom stereocenters. The first-order chi connectivity index (χ1) is 16.5. The second kappa shape index (κ2) is 9.74. The lowest BCUT2D eigenvalue weighted by Crippen LogP contribution is -2.39. The van der Waals surface area contributed by atoms with E-state index in [0.717, 1.165) is 41.5 Å². The zero-order valence-electron chi connectivity index (χ0n) is 18.6. The van der Waals surface area contributed by atoms with Crippen molar-refractivity contribution < 1.29 is 23.8 Å². The number of hydrogen-bond donors (Lipinski definition) is 1. The predicted octanol–water partition coefficient (Wildman–Crippen LogP) is 4.50. The summed E-state index contributed by atoms with van der Waals surface area (Å²) < 4.78 is 12.0. The number of Topliss-reactive ketones (excluding diaryl/α,β-unsaturated/α-hetero) is 1. The number of hydrogen-bond acceptors (Lipinski definition) is 6. The first-order valence-corrected chi connectivity index (χ1v) is 12.1. The van der Waals surface area contributed by atoms with Gasteiger partial charge in [-0.25, -0.2) is 0 Å². The van der Waals surface area contributed by atoms with Crippen LogP contribution in [0.4, 0.5) is 0 Å². The molecule has 3 aromatic rings. The van der Waals surface area contributed by atoms with E-state index in [9.17, 15) is 14.7 Å². The molecular weight excluding hydrogens is 500 g/mol. The standard InChI is InChI=1S/C26H25BrN2O5/c27-19-7-3-6-18(15-19)23-22(24(30)21-16-17-5-1-2-8-20(17)34-21)25(31)26(32)29(23)10-4-9-28-11-13-33-14-12-28/h1-3,5-8,15-16,23,31H,4,9-14H2/t23-/m1/s1. The Bertz CT molecular complexity index is 1230. The van der Waals surface area contributed by atoms with Gasteiger partial charge in [-0.05, 0) is 36.2 Å². The first-order valence-electron chi connectivity index (χ1n) is 11.4. The van der Waals surface area contributed by atoms with Crippen molar-refractivity contribution in [3.05, 3.63) is 81.7 Å². The van der Waals surface area contributed by atoms with Gasteiger partial charge in [0.15, 0.2) is 11.5 Å². The molecular formula is C26H25BrN2O5. The number of fused-ring (bicyclic) bond motifs is 1. The molecule has 2 aliphatic heterocycles. The Labute approximate surface area is 205 Å². The van der Waals surface area contributed by atoms with Crippen LogP contribution < -0.4 is 0 Å². The smallest absolute Gasteiger partial charge is 0.290 e. The molecule has 0 saturated carbocycles. The minimum absolute atomic E-state index is 0.0496. The van der Waals surface area contributed by atoms with Crippen LogP contribution in [0.15, 0.2) is 74.8 Å². The maximum Gasteiger partial charge on any atom is 0.290 e. The van der Waals surface area contributed by atoms with E-state index in [1.165, 1.54) is 0 Å². The largest absolute Gasteiger partial charge is 0.503 e. The summed E-state index contributed by atoms with van der Waals surface area (Å²) in [6, 6.07) is 15.8. The summed E-state index contributed by atoms with van der Waals surface area (Å²) in [4.78, 5) is 30.6. The number of rotatable bonds is 7. The van der Waals surface area contributed by atoms with Crippen molar-refractivity contribution >= 4 is 38.6 Å². The van der Waals surface area contributed by atoms with Gasteiger partial charge in [-0.3, -0.25) is 14.5 Å². The van der Waals surface area contributed by atoms with Crippen molar-refractivity contribution in [2.24, 2.45) is 0 Å². The number of aliphatic hydroxyl groups excluding tert-OH is 1. The van der Waals surface area contributed by atoms with Gasteiger partial charge in [-0.2, -0.15) is 0 Å². The maximum atomic E-state index is 13.6. The summed E-state index contributed by atoms with van der Waals surface area (Å²) in [6.07, 6.45) is 0.718. The van der Waals surface area contributed by atoms with Crippen LogP contribution in [0, 0.1) is 0 Å². The first kappa shape index (κ1) is 22.8. The van der Waals surface area contributed by atoms with E-state index in [-0.39, 0.29) is 11.3 Å². The average molecular weight is 525 g/mol. The summed E-state index contributed by atoms with van der Waals surface area (Å²) in [5.41, 5.74) is 1.38. The van der Waals surface area contributed by atoms with Crippen molar-refractivity contribution in [3.63, 3.8) is 0 Å². The van der Waals surface area contributed by atoms with Crippen molar-refractivity contribution in [1.29, 1.82) is 0 Å². The van der Waals surface area contributed by atoms with E-state index in [2.05, 4.69) is 20.8 Å². The second-order valence-corrected chi connectivity index (χ2v) is 9.42. The topological polar surface area (TPSA) is 83.2 Å². The number of amides is 1. The predicted molar refractivity (Wildman–Crippen MR) is 131 cm³/mol. The van der Waals surface area contributed by atoms with Crippen LogP contribution in [-0.2, 0) is 9.53 Å². The Morgan fingerprint density at radius 1 is 1.06 bits per heavy atom. The minimum Gasteiger partial charge on any atom is -0.503 e. The molecule has 1 N–H and O–H groups in total. The van der Waals surface area contributed by atoms with Crippen LogP contribution in [0.1, 0.15) is 28.6 Å². The lowest BCUT2D eigenvalue weighted by atomic mass is 9.95. The SMILES string of the molecule is O=C(C1=C(O)C(=O)N(CCCN2CCOCC2)[C@@H]1c1cccc(Br)c1)c1cc2ccccc2o1. The van der Waals surface area contributed by atoms with Crippen LogP contribution >= 0.6 is 15.9 Å². The molecule has 8 heteroatoms. The van der Waals surface area contributed by atoms with Gasteiger partial charge < -0.3 is 19.2 Å². The van der Waals surface area contributed by atoms with Crippen LogP contribution in [0.3, 0.4) is 0 Å². The number of nitrogens with zero attached hydrogens (tertiary/aromatic N) is 2. The number of carbonyl (C=O) groups excluding carboxylic acids is 2. The molecule has 7 nitrogen and oxygen atoms in total. The lowest BCUT2D eigenvalue weighted by molar-refractivity contribution is -0.129. The number of ketones is 1. The number of furan rings is 1. The molecule has 2 aromatic carbocycles. The highest BCUT2D eigenvalue weighted by atomic mass is 79.9. The van der Waals surface area contributed by atoms with E-state index >= 15 is 0 Å². The van der Waals surface area contributed by atoms with Gasteiger partial charge in [0.2, 0.25) is 5.78 Å². The summed E-state index contributed by atoms with van der Waals surface area (Å²) >= 11 is 3.49. The third-order valence-electron chi connectivity index (χ3n) is 6.34. The molecule has 1 amide bonds. The fourth-order valence-corrected chi connectivity index (χ4v) is 5.07. The second-order valence-electron chi connectivity index (χ2n) is 8.50. The Hall–Kier alpha value is -2.94. The van der Waals surface area contributed by atoms with Crippen molar-refractivity contribution in [3.8, 4) is 0 Å². The van der Waals surface area contributed by atoms with E-state index < -0.39 is 23.5 Å². The molecule has 1 saturated heterocycles. The number of benzene rings is 2. The molecule has 0 bridgehead atoms. The molecule has 0 radical (unpaired) electrons. The third kappa shape index (κ3) is 4.41.